The maximum absolute atomic E-state index is 8.26. The molecule has 6 rings (SSSR count). The Kier molecular flexibility index (Phi) is 2.69. The number of para-hydroxylation sites is 1. The molecule has 0 atom stereocenters. The van der Waals surface area contributed by atoms with E-state index in [9.17, 15) is 0 Å². The molecule has 0 saturated carbocycles. The van der Waals surface area contributed by atoms with Crippen molar-refractivity contribution in [3.8, 4) is 22.4 Å². The maximum atomic E-state index is 8.26. The summed E-state index contributed by atoms with van der Waals surface area (Å²) < 4.78 is 78.6. The molecule has 0 radical (unpaired) electrons. The van der Waals surface area contributed by atoms with Crippen molar-refractivity contribution in [1.29, 1.82) is 0 Å². The highest BCUT2D eigenvalue weighted by molar-refractivity contribution is 6.08. The first-order chi connectivity index (χ1) is 19.6. The Bertz CT molecular complexity index is 2020. The SMILES string of the molecule is [2H]C([2H])([2H])c1ccc2cc(-c3cc(-c4cccc5c4oc4nc(C)ccc45)ncc3C([2H])([2H])[2H])c(C([2H])([2H])[2H])cc2n1. The molecule has 0 bridgehead atoms. The molecule has 0 spiro atoms. The Morgan fingerprint density at radius 2 is 1.64 bits per heavy atom. The second-order valence-electron chi connectivity index (χ2n) is 7.99. The smallest absolute Gasteiger partial charge is 0.227 e. The second kappa shape index (κ2) is 7.24. The average Bonchev–Trinajstić information content (AvgIpc) is 3.27. The molecule has 0 unspecified atom stereocenters. The first-order valence-corrected chi connectivity index (χ1v) is 10.4. The molecule has 0 fully saturated rings. The standard InChI is InChI=1S/C29H23N3O/c1-16-12-26-20(10-8-18(3)31-26)13-24(16)25-14-27(30-15-17(25)2)23-7-5-6-21-22-11-9-19(4)32-29(22)33-28(21)23/h5-15H,1-4H3/i1D3,2D3,3D3. The molecule has 4 aromatic heterocycles. The van der Waals surface area contributed by atoms with Crippen LogP contribution >= 0.6 is 0 Å². The lowest BCUT2D eigenvalue weighted by Crippen LogP contribution is -1.93. The molecule has 0 N–H and O–H groups in total. The molecule has 4 heteroatoms. The van der Waals surface area contributed by atoms with Gasteiger partial charge in [0.2, 0.25) is 5.71 Å². The average molecular weight is 439 g/mol. The summed E-state index contributed by atoms with van der Waals surface area (Å²) in [6, 6.07) is 16.6. The van der Waals surface area contributed by atoms with Gasteiger partial charge in [0.1, 0.15) is 5.58 Å². The lowest BCUT2D eigenvalue weighted by Gasteiger charge is -2.13. The highest BCUT2D eigenvalue weighted by Gasteiger charge is 2.16. The summed E-state index contributed by atoms with van der Waals surface area (Å²) >= 11 is 0. The topological polar surface area (TPSA) is 51.8 Å². The normalized spacial score (nSPS) is 16.8. The predicted octanol–water partition coefficient (Wildman–Crippen LogP) is 7.49. The number of rotatable bonds is 2. The van der Waals surface area contributed by atoms with E-state index in [4.69, 9.17) is 16.8 Å². The molecular formula is C29H23N3O. The van der Waals surface area contributed by atoms with Crippen molar-refractivity contribution in [2.24, 2.45) is 0 Å². The molecule has 160 valence electrons. The number of furan rings is 1. The van der Waals surface area contributed by atoms with Gasteiger partial charge in [-0.1, -0.05) is 18.2 Å². The Morgan fingerprint density at radius 1 is 0.758 bits per heavy atom. The van der Waals surface area contributed by atoms with Gasteiger partial charge in [-0.25, -0.2) is 4.98 Å². The molecule has 0 aliphatic carbocycles. The third-order valence-electron chi connectivity index (χ3n) is 5.80. The van der Waals surface area contributed by atoms with E-state index in [0.717, 1.165) is 16.5 Å². The fraction of sp³-hybridized carbons (Fsp3) is 0.138. The summed E-state index contributed by atoms with van der Waals surface area (Å²) in [5, 5.41) is 2.09. The second-order valence-corrected chi connectivity index (χ2v) is 7.99. The maximum Gasteiger partial charge on any atom is 0.227 e. The summed E-state index contributed by atoms with van der Waals surface area (Å²) in [6.07, 6.45) is 1.24. The van der Waals surface area contributed by atoms with E-state index < -0.39 is 20.6 Å². The molecule has 2 aromatic carbocycles. The third-order valence-corrected chi connectivity index (χ3v) is 5.80. The Morgan fingerprint density at radius 3 is 2.52 bits per heavy atom. The molecule has 0 aliphatic rings. The van der Waals surface area contributed by atoms with Crippen LogP contribution in [0.25, 0.3) is 55.4 Å². The molecule has 33 heavy (non-hydrogen) atoms. The first kappa shape index (κ1) is 12.3. The van der Waals surface area contributed by atoms with Crippen LogP contribution in [-0.2, 0) is 0 Å². The van der Waals surface area contributed by atoms with Gasteiger partial charge in [-0.05, 0) is 92.2 Å². The minimum Gasteiger partial charge on any atom is -0.437 e. The van der Waals surface area contributed by atoms with Gasteiger partial charge in [0.25, 0.3) is 0 Å². The van der Waals surface area contributed by atoms with Crippen molar-refractivity contribution >= 4 is 33.0 Å². The predicted molar refractivity (Wildman–Crippen MR) is 134 cm³/mol. The number of hydrogen-bond acceptors (Lipinski definition) is 4. The summed E-state index contributed by atoms with van der Waals surface area (Å²) in [6.45, 7) is -5.90. The highest BCUT2D eigenvalue weighted by atomic mass is 16.3. The number of pyridine rings is 3. The Hall–Kier alpha value is -4.05. The number of aryl methyl sites for hydroxylation is 4. The van der Waals surface area contributed by atoms with Crippen LogP contribution in [0.5, 0.6) is 0 Å². The van der Waals surface area contributed by atoms with Gasteiger partial charge in [0.15, 0.2) is 0 Å². The lowest BCUT2D eigenvalue weighted by atomic mass is 9.94. The van der Waals surface area contributed by atoms with Crippen LogP contribution in [0.4, 0.5) is 0 Å². The minimum atomic E-state index is -2.67. The van der Waals surface area contributed by atoms with E-state index in [0.29, 0.717) is 27.9 Å². The van der Waals surface area contributed by atoms with E-state index in [1.54, 1.807) is 12.1 Å². The van der Waals surface area contributed by atoms with Crippen LogP contribution < -0.4 is 0 Å². The van der Waals surface area contributed by atoms with Crippen molar-refractivity contribution in [1.82, 2.24) is 15.0 Å². The number of nitrogens with zero attached hydrogens (tertiary/aromatic N) is 3. The van der Waals surface area contributed by atoms with Crippen molar-refractivity contribution in [2.75, 3.05) is 0 Å². The third kappa shape index (κ3) is 3.18. The Labute approximate surface area is 204 Å². The van der Waals surface area contributed by atoms with E-state index in [1.165, 1.54) is 30.5 Å². The summed E-state index contributed by atoms with van der Waals surface area (Å²) in [7, 11) is 0. The summed E-state index contributed by atoms with van der Waals surface area (Å²) in [5.41, 5.74) is 2.78. The Balaban J connectivity index is 1.64. The van der Waals surface area contributed by atoms with E-state index in [2.05, 4.69) is 15.0 Å². The van der Waals surface area contributed by atoms with Gasteiger partial charge >= 0.3 is 0 Å². The molecule has 6 aromatic rings. The van der Waals surface area contributed by atoms with Crippen molar-refractivity contribution in [3.63, 3.8) is 0 Å². The van der Waals surface area contributed by atoms with Crippen molar-refractivity contribution < 1.29 is 16.8 Å². The zero-order valence-electron chi connectivity index (χ0n) is 26.6. The van der Waals surface area contributed by atoms with Crippen LogP contribution in [0.3, 0.4) is 0 Å². The number of benzene rings is 2. The van der Waals surface area contributed by atoms with Crippen LogP contribution in [0.2, 0.25) is 0 Å². The van der Waals surface area contributed by atoms with Gasteiger partial charge in [-0.2, -0.15) is 0 Å². The van der Waals surface area contributed by atoms with E-state index >= 15 is 0 Å². The lowest BCUT2D eigenvalue weighted by molar-refractivity contribution is 0.653. The number of hydrogen-bond donors (Lipinski definition) is 0. The molecule has 4 heterocycles. The van der Waals surface area contributed by atoms with E-state index in [1.807, 2.05) is 31.2 Å². The van der Waals surface area contributed by atoms with Crippen LogP contribution in [-0.4, -0.2) is 15.0 Å². The van der Waals surface area contributed by atoms with Crippen molar-refractivity contribution in [2.45, 2.75) is 27.5 Å². The van der Waals surface area contributed by atoms with Crippen LogP contribution in [0, 0.1) is 27.5 Å². The molecule has 0 aliphatic heterocycles. The fourth-order valence-corrected chi connectivity index (χ4v) is 4.19. The van der Waals surface area contributed by atoms with Crippen molar-refractivity contribution in [3.05, 3.63) is 89.4 Å². The monoisotopic (exact) mass is 438 g/mol. The summed E-state index contributed by atoms with van der Waals surface area (Å²) in [4.78, 5) is 13.2. The van der Waals surface area contributed by atoms with Crippen LogP contribution in [0.1, 0.15) is 34.9 Å². The zero-order valence-corrected chi connectivity index (χ0v) is 17.6. The summed E-state index contributed by atoms with van der Waals surface area (Å²) in [5.74, 6) is 0. The molecule has 0 amide bonds. The molecule has 4 nitrogen and oxygen atoms in total. The van der Waals surface area contributed by atoms with Crippen LogP contribution in [0.15, 0.2) is 71.3 Å². The van der Waals surface area contributed by atoms with Gasteiger partial charge in [-0.15, -0.1) is 0 Å². The van der Waals surface area contributed by atoms with Gasteiger partial charge in [0.05, 0.1) is 11.2 Å². The largest absolute Gasteiger partial charge is 0.437 e. The molecule has 0 saturated heterocycles. The van der Waals surface area contributed by atoms with Gasteiger partial charge in [0, 0.05) is 51.6 Å². The zero-order chi connectivity index (χ0) is 30.2. The number of fused-ring (bicyclic) bond motifs is 4. The van der Waals surface area contributed by atoms with E-state index in [-0.39, 0.29) is 33.5 Å². The van der Waals surface area contributed by atoms with Gasteiger partial charge < -0.3 is 4.42 Å². The minimum absolute atomic E-state index is 0.128. The molecular weight excluding hydrogens is 406 g/mol. The first-order valence-electron chi connectivity index (χ1n) is 14.9. The fourth-order valence-electron chi connectivity index (χ4n) is 4.19. The number of aromatic nitrogens is 3. The quantitative estimate of drug-likeness (QED) is 0.281. The van der Waals surface area contributed by atoms with Gasteiger partial charge in [-0.3, -0.25) is 9.97 Å². The highest BCUT2D eigenvalue weighted by Crippen LogP contribution is 2.37.